The fourth-order valence-corrected chi connectivity index (χ4v) is 7.05. The van der Waals surface area contributed by atoms with Crippen LogP contribution in [0.25, 0.3) is 0 Å². The maximum atomic E-state index is 15.7. The summed E-state index contributed by atoms with van der Waals surface area (Å²) in [6.45, 7) is 3.64. The van der Waals surface area contributed by atoms with Gasteiger partial charge in [-0.25, -0.2) is 13.2 Å². The molecule has 0 unspecified atom stereocenters. The van der Waals surface area contributed by atoms with Crippen LogP contribution in [-0.2, 0) is 0 Å². The van der Waals surface area contributed by atoms with Gasteiger partial charge in [-0.15, -0.1) is 0 Å². The second kappa shape index (κ2) is 6.49. The van der Waals surface area contributed by atoms with Gasteiger partial charge in [-0.2, -0.15) is 4.39 Å². The monoisotopic (exact) mass is 422 g/mol. The van der Waals surface area contributed by atoms with Gasteiger partial charge in [0, 0.05) is 5.41 Å². The molecule has 0 radical (unpaired) electrons. The highest BCUT2D eigenvalue weighted by Gasteiger charge is 2.65. The van der Waals surface area contributed by atoms with E-state index in [9.17, 15) is 8.78 Å². The predicted octanol–water partition coefficient (Wildman–Crippen LogP) is 7.72. The number of fused-ring (bicyclic) bond motifs is 5. The predicted molar refractivity (Wildman–Crippen MR) is 107 cm³/mol. The molecule has 0 saturated heterocycles. The second-order valence-electron chi connectivity index (χ2n) is 10.9. The van der Waals surface area contributed by atoms with Crippen molar-refractivity contribution in [2.45, 2.75) is 78.1 Å². The lowest BCUT2D eigenvalue weighted by molar-refractivity contribution is -0.131. The molecule has 0 N–H and O–H groups in total. The number of halogens is 4. The lowest BCUT2D eigenvalue weighted by atomic mass is 9.40. The third-order valence-corrected chi connectivity index (χ3v) is 9.52. The van der Waals surface area contributed by atoms with Crippen LogP contribution in [0.15, 0.2) is 23.8 Å². The van der Waals surface area contributed by atoms with E-state index in [-0.39, 0.29) is 23.3 Å². The Morgan fingerprint density at radius 2 is 1.37 bits per heavy atom. The molecule has 0 amide bonds. The normalized spacial score (nSPS) is 40.2. The average Bonchev–Trinajstić information content (AvgIpc) is 2.76. The average molecular weight is 423 g/mol. The maximum Gasteiger partial charge on any atom is 0.200 e. The third kappa shape index (κ3) is 2.59. The Labute approximate surface area is 175 Å². The lowest BCUT2D eigenvalue weighted by Crippen LogP contribution is -2.56. The smallest absolute Gasteiger partial charge is 0.200 e. The summed E-state index contributed by atoms with van der Waals surface area (Å²) in [5.74, 6) is -3.52. The molecule has 6 aliphatic carbocycles. The standard InChI is InChI=1S/C25H30F4O/c1-16-3-4-17(19(27)18(16)26)30-15-23-8-13-25(14-9-23,21(29)20(23)28)24-10-5-22(2,6-11-24)7-12-24/h3-4H,5-15H2,1-2H3. The van der Waals surface area contributed by atoms with Gasteiger partial charge in [0.1, 0.15) is 18.3 Å². The van der Waals surface area contributed by atoms with E-state index >= 15 is 8.78 Å². The van der Waals surface area contributed by atoms with Crippen LogP contribution in [0.3, 0.4) is 0 Å². The lowest BCUT2D eigenvalue weighted by Gasteiger charge is -2.64. The molecule has 4 fully saturated rings. The summed E-state index contributed by atoms with van der Waals surface area (Å²) >= 11 is 0. The Morgan fingerprint density at radius 1 is 0.767 bits per heavy atom. The highest BCUT2D eigenvalue weighted by molar-refractivity contribution is 5.33. The Hall–Kier alpha value is -1.52. The van der Waals surface area contributed by atoms with Gasteiger partial charge < -0.3 is 4.74 Å². The van der Waals surface area contributed by atoms with Crippen molar-refractivity contribution in [3.8, 4) is 5.75 Å². The van der Waals surface area contributed by atoms with Crippen molar-refractivity contribution in [3.63, 3.8) is 0 Å². The van der Waals surface area contributed by atoms with E-state index in [0.717, 1.165) is 38.5 Å². The zero-order chi connectivity index (χ0) is 21.4. The number of rotatable bonds is 4. The minimum atomic E-state index is -1.07. The van der Waals surface area contributed by atoms with Crippen molar-refractivity contribution in [3.05, 3.63) is 41.0 Å². The van der Waals surface area contributed by atoms with Crippen LogP contribution < -0.4 is 4.74 Å². The summed E-state index contributed by atoms with van der Waals surface area (Å²) in [4.78, 5) is 0. The topological polar surface area (TPSA) is 9.23 Å². The Kier molecular flexibility index (Phi) is 4.41. The first-order valence-electron chi connectivity index (χ1n) is 11.3. The van der Waals surface area contributed by atoms with E-state index in [1.165, 1.54) is 19.1 Å². The van der Waals surface area contributed by atoms with Crippen LogP contribution in [0.1, 0.15) is 76.7 Å². The fraction of sp³-hybridized carbons (Fsp3) is 0.680. The summed E-state index contributed by atoms with van der Waals surface area (Å²) in [6.07, 6.45) is 8.53. The van der Waals surface area contributed by atoms with E-state index in [4.69, 9.17) is 4.74 Å². The molecule has 5 heteroatoms. The first kappa shape index (κ1) is 20.4. The van der Waals surface area contributed by atoms with Crippen molar-refractivity contribution in [1.82, 2.24) is 0 Å². The van der Waals surface area contributed by atoms with Gasteiger partial charge in [0.15, 0.2) is 11.6 Å². The van der Waals surface area contributed by atoms with Crippen LogP contribution in [0.5, 0.6) is 5.75 Å². The van der Waals surface area contributed by atoms with E-state index < -0.39 is 34.1 Å². The summed E-state index contributed by atoms with van der Waals surface area (Å²) in [6, 6.07) is 2.79. The van der Waals surface area contributed by atoms with Crippen molar-refractivity contribution in [2.75, 3.05) is 6.61 Å². The summed E-state index contributed by atoms with van der Waals surface area (Å²) in [7, 11) is 0. The molecule has 0 aliphatic heterocycles. The Morgan fingerprint density at radius 3 is 1.97 bits per heavy atom. The number of hydrogen-bond acceptors (Lipinski definition) is 1. The van der Waals surface area contributed by atoms with E-state index in [2.05, 4.69) is 6.92 Å². The van der Waals surface area contributed by atoms with Gasteiger partial charge in [0.25, 0.3) is 0 Å². The van der Waals surface area contributed by atoms with Crippen LogP contribution in [0, 0.1) is 40.2 Å². The van der Waals surface area contributed by atoms with Crippen LogP contribution >= 0.6 is 0 Å². The Balaban J connectivity index is 1.42. The minimum absolute atomic E-state index is 0.119. The van der Waals surface area contributed by atoms with Gasteiger partial charge in [-0.3, -0.25) is 0 Å². The summed E-state index contributed by atoms with van der Waals surface area (Å²) in [5.41, 5.74) is -1.29. The van der Waals surface area contributed by atoms with Crippen LogP contribution in [0.4, 0.5) is 17.6 Å². The van der Waals surface area contributed by atoms with E-state index in [1.54, 1.807) is 0 Å². The van der Waals surface area contributed by atoms with Crippen molar-refractivity contribution < 1.29 is 22.3 Å². The molecule has 4 saturated carbocycles. The molecule has 0 aromatic heterocycles. The number of ether oxygens (including phenoxy) is 1. The molecule has 7 rings (SSSR count). The molecule has 164 valence electrons. The molecular weight excluding hydrogens is 392 g/mol. The molecular formula is C25H30F4O. The third-order valence-electron chi connectivity index (χ3n) is 9.52. The van der Waals surface area contributed by atoms with Crippen molar-refractivity contribution in [1.29, 1.82) is 0 Å². The molecule has 30 heavy (non-hydrogen) atoms. The first-order valence-corrected chi connectivity index (χ1v) is 11.3. The molecule has 0 heterocycles. The molecule has 0 atom stereocenters. The van der Waals surface area contributed by atoms with E-state index in [1.807, 2.05) is 0 Å². The SMILES string of the molecule is Cc1ccc(OCC23CCC(C45CCC(C)(CC4)CC5)(CC2)C(F)=C3F)c(F)c1F. The van der Waals surface area contributed by atoms with Crippen LogP contribution in [-0.4, -0.2) is 6.61 Å². The molecule has 6 aliphatic rings. The minimum Gasteiger partial charge on any atom is -0.489 e. The first-order chi connectivity index (χ1) is 14.2. The quantitative estimate of drug-likeness (QED) is 0.451. The number of aryl methyl sites for hydroxylation is 1. The molecule has 4 bridgehead atoms. The van der Waals surface area contributed by atoms with Gasteiger partial charge in [-0.05, 0) is 93.6 Å². The molecule has 1 aromatic rings. The number of benzene rings is 1. The zero-order valence-electron chi connectivity index (χ0n) is 17.9. The second-order valence-corrected chi connectivity index (χ2v) is 10.9. The van der Waals surface area contributed by atoms with Crippen molar-refractivity contribution >= 4 is 0 Å². The van der Waals surface area contributed by atoms with E-state index in [0.29, 0.717) is 31.1 Å². The zero-order valence-corrected chi connectivity index (χ0v) is 17.9. The maximum absolute atomic E-state index is 15.7. The molecule has 1 nitrogen and oxygen atoms in total. The fourth-order valence-electron chi connectivity index (χ4n) is 7.05. The summed E-state index contributed by atoms with van der Waals surface area (Å²) in [5, 5.41) is 0. The number of hydrogen-bond donors (Lipinski definition) is 0. The largest absolute Gasteiger partial charge is 0.489 e. The molecule has 1 aromatic carbocycles. The highest BCUT2D eigenvalue weighted by atomic mass is 19.2. The highest BCUT2D eigenvalue weighted by Crippen LogP contribution is 2.73. The number of allylic oxidation sites excluding steroid dienone is 1. The Bertz CT molecular complexity index is 885. The van der Waals surface area contributed by atoms with Gasteiger partial charge in [-0.1, -0.05) is 13.0 Å². The van der Waals surface area contributed by atoms with Gasteiger partial charge in [0.2, 0.25) is 5.82 Å². The molecule has 0 spiro atoms. The van der Waals surface area contributed by atoms with Gasteiger partial charge in [0.05, 0.1) is 5.41 Å². The summed E-state index contributed by atoms with van der Waals surface area (Å²) < 4.78 is 64.8. The van der Waals surface area contributed by atoms with Gasteiger partial charge >= 0.3 is 0 Å². The van der Waals surface area contributed by atoms with Crippen LogP contribution in [0.2, 0.25) is 0 Å². The van der Waals surface area contributed by atoms with Crippen molar-refractivity contribution in [2.24, 2.45) is 21.7 Å².